The molecule has 2 aliphatic rings. The zero-order valence-electron chi connectivity index (χ0n) is 13.8. The summed E-state index contributed by atoms with van der Waals surface area (Å²) < 4.78 is 5.80. The Balaban J connectivity index is 0.00000220. The van der Waals surface area contributed by atoms with Gasteiger partial charge in [-0.1, -0.05) is 26.2 Å². The first-order chi connectivity index (χ1) is 9.63. The van der Waals surface area contributed by atoms with Gasteiger partial charge in [-0.15, -0.1) is 24.0 Å². The van der Waals surface area contributed by atoms with Crippen molar-refractivity contribution in [3.63, 3.8) is 0 Å². The van der Waals surface area contributed by atoms with Crippen LogP contribution in [0.1, 0.15) is 52.4 Å². The number of hydrogen-bond acceptors (Lipinski definition) is 2. The van der Waals surface area contributed by atoms with Crippen molar-refractivity contribution in [3.05, 3.63) is 0 Å². The molecular weight excluding hydrogens is 377 g/mol. The fraction of sp³-hybridized carbons (Fsp3) is 0.938. The van der Waals surface area contributed by atoms with Crippen LogP contribution in [0.3, 0.4) is 0 Å². The van der Waals surface area contributed by atoms with Crippen molar-refractivity contribution in [1.82, 2.24) is 10.6 Å². The molecule has 0 amide bonds. The van der Waals surface area contributed by atoms with Gasteiger partial charge in [-0.25, -0.2) is 0 Å². The molecule has 1 aliphatic heterocycles. The SMILES string of the molecule is CN=C(NCC1CCCCC1C)NCC1(C)CCCO1.I. The number of hydrogen-bond donors (Lipinski definition) is 2. The molecule has 0 aromatic carbocycles. The number of nitrogens with one attached hydrogen (secondary N) is 2. The summed E-state index contributed by atoms with van der Waals surface area (Å²) in [6, 6.07) is 0. The van der Waals surface area contributed by atoms with Gasteiger partial charge in [-0.3, -0.25) is 4.99 Å². The second-order valence-electron chi connectivity index (χ2n) is 6.73. The van der Waals surface area contributed by atoms with Gasteiger partial charge in [-0.05, 0) is 38.0 Å². The highest BCUT2D eigenvalue weighted by atomic mass is 127. The molecule has 2 fully saturated rings. The second kappa shape index (κ2) is 9.18. The lowest BCUT2D eigenvalue weighted by Crippen LogP contribution is -2.47. The van der Waals surface area contributed by atoms with Gasteiger partial charge in [0.1, 0.15) is 0 Å². The molecule has 0 aromatic heterocycles. The quantitative estimate of drug-likeness (QED) is 0.426. The van der Waals surface area contributed by atoms with Gasteiger partial charge >= 0.3 is 0 Å². The number of nitrogens with zero attached hydrogens (tertiary/aromatic N) is 1. The zero-order valence-corrected chi connectivity index (χ0v) is 16.1. The summed E-state index contributed by atoms with van der Waals surface area (Å²) in [7, 11) is 1.84. The third kappa shape index (κ3) is 5.93. The summed E-state index contributed by atoms with van der Waals surface area (Å²) in [6.07, 6.45) is 7.83. The van der Waals surface area contributed by atoms with Crippen molar-refractivity contribution in [2.45, 2.75) is 58.0 Å². The molecule has 0 spiro atoms. The fourth-order valence-corrected chi connectivity index (χ4v) is 3.39. The molecule has 4 nitrogen and oxygen atoms in total. The smallest absolute Gasteiger partial charge is 0.191 e. The fourth-order valence-electron chi connectivity index (χ4n) is 3.39. The highest BCUT2D eigenvalue weighted by molar-refractivity contribution is 14.0. The molecule has 1 heterocycles. The van der Waals surface area contributed by atoms with Crippen molar-refractivity contribution in [1.29, 1.82) is 0 Å². The summed E-state index contributed by atoms with van der Waals surface area (Å²) in [5.74, 6) is 2.55. The molecule has 1 aliphatic carbocycles. The molecule has 2 N–H and O–H groups in total. The first-order valence-corrected chi connectivity index (χ1v) is 8.21. The lowest BCUT2D eigenvalue weighted by molar-refractivity contribution is 0.0242. The van der Waals surface area contributed by atoms with E-state index >= 15 is 0 Å². The molecule has 3 unspecified atom stereocenters. The minimum atomic E-state index is -0.0181. The van der Waals surface area contributed by atoms with E-state index in [0.717, 1.165) is 43.9 Å². The second-order valence-corrected chi connectivity index (χ2v) is 6.73. The lowest BCUT2D eigenvalue weighted by Gasteiger charge is -2.30. The molecular formula is C16H32IN3O. The number of aliphatic imine (C=N–C) groups is 1. The zero-order chi connectivity index (χ0) is 14.4. The average molecular weight is 409 g/mol. The first-order valence-electron chi connectivity index (χ1n) is 8.21. The Morgan fingerprint density at radius 1 is 1.24 bits per heavy atom. The van der Waals surface area contributed by atoms with Gasteiger partial charge in [0.05, 0.1) is 5.60 Å². The van der Waals surface area contributed by atoms with Gasteiger partial charge < -0.3 is 15.4 Å². The highest BCUT2D eigenvalue weighted by Gasteiger charge is 2.29. The van der Waals surface area contributed by atoms with Crippen molar-refractivity contribution >= 4 is 29.9 Å². The maximum Gasteiger partial charge on any atom is 0.191 e. The molecule has 0 radical (unpaired) electrons. The Morgan fingerprint density at radius 2 is 2.00 bits per heavy atom. The molecule has 5 heteroatoms. The van der Waals surface area contributed by atoms with Gasteiger partial charge in [0.15, 0.2) is 5.96 Å². The van der Waals surface area contributed by atoms with Crippen LogP contribution in [0.2, 0.25) is 0 Å². The molecule has 2 rings (SSSR count). The number of halogens is 1. The van der Waals surface area contributed by atoms with Crippen molar-refractivity contribution in [3.8, 4) is 0 Å². The first kappa shape index (κ1) is 19.0. The van der Waals surface area contributed by atoms with Crippen LogP contribution in [0.25, 0.3) is 0 Å². The maximum atomic E-state index is 5.80. The Kier molecular flexibility index (Phi) is 8.31. The van der Waals surface area contributed by atoms with Crippen LogP contribution in [-0.2, 0) is 4.74 Å². The summed E-state index contributed by atoms with van der Waals surface area (Å²) >= 11 is 0. The number of ether oxygens (including phenoxy) is 1. The van der Waals surface area contributed by atoms with E-state index < -0.39 is 0 Å². The summed E-state index contributed by atoms with van der Waals surface area (Å²) in [5.41, 5.74) is -0.0181. The standard InChI is InChI=1S/C16H31N3O.HI/c1-13-7-4-5-8-14(13)11-18-15(17-3)19-12-16(2)9-6-10-20-16;/h13-14H,4-12H2,1-3H3,(H2,17,18,19);1H. The van der Waals surface area contributed by atoms with E-state index in [2.05, 4.69) is 29.5 Å². The Morgan fingerprint density at radius 3 is 2.62 bits per heavy atom. The van der Waals surface area contributed by atoms with Crippen LogP contribution in [0.5, 0.6) is 0 Å². The normalized spacial score (nSPS) is 33.4. The minimum absolute atomic E-state index is 0. The van der Waals surface area contributed by atoms with Crippen molar-refractivity contribution in [2.24, 2.45) is 16.8 Å². The van der Waals surface area contributed by atoms with Crippen LogP contribution in [0, 0.1) is 11.8 Å². The van der Waals surface area contributed by atoms with E-state index in [4.69, 9.17) is 4.74 Å². The summed E-state index contributed by atoms with van der Waals surface area (Å²) in [6.45, 7) is 7.34. The van der Waals surface area contributed by atoms with Gasteiger partial charge in [0, 0.05) is 26.7 Å². The van der Waals surface area contributed by atoms with Crippen molar-refractivity contribution in [2.75, 3.05) is 26.7 Å². The third-order valence-electron chi connectivity index (χ3n) is 4.97. The van der Waals surface area contributed by atoms with Gasteiger partial charge in [0.2, 0.25) is 0 Å². The maximum absolute atomic E-state index is 5.80. The van der Waals surface area contributed by atoms with E-state index in [1.54, 1.807) is 0 Å². The van der Waals surface area contributed by atoms with Gasteiger partial charge in [-0.2, -0.15) is 0 Å². The van der Waals surface area contributed by atoms with Crippen LogP contribution in [-0.4, -0.2) is 38.3 Å². The van der Waals surface area contributed by atoms with E-state index in [0.29, 0.717) is 0 Å². The predicted molar refractivity (Wildman–Crippen MR) is 99.5 cm³/mol. The molecule has 124 valence electrons. The molecule has 1 saturated heterocycles. The predicted octanol–water partition coefficient (Wildman–Crippen LogP) is 3.16. The summed E-state index contributed by atoms with van der Waals surface area (Å²) in [4.78, 5) is 4.33. The molecule has 1 saturated carbocycles. The highest BCUT2D eigenvalue weighted by Crippen LogP contribution is 2.28. The largest absolute Gasteiger partial charge is 0.373 e. The molecule has 3 atom stereocenters. The Bertz CT molecular complexity index is 329. The lowest BCUT2D eigenvalue weighted by atomic mass is 9.80. The average Bonchev–Trinajstić information content (AvgIpc) is 2.88. The van der Waals surface area contributed by atoms with Crippen LogP contribution < -0.4 is 10.6 Å². The topological polar surface area (TPSA) is 45.7 Å². The minimum Gasteiger partial charge on any atom is -0.373 e. The third-order valence-corrected chi connectivity index (χ3v) is 4.97. The van der Waals surface area contributed by atoms with Crippen LogP contribution in [0.4, 0.5) is 0 Å². The molecule has 21 heavy (non-hydrogen) atoms. The number of guanidine groups is 1. The van der Waals surface area contributed by atoms with Crippen LogP contribution in [0.15, 0.2) is 4.99 Å². The van der Waals surface area contributed by atoms with E-state index in [-0.39, 0.29) is 29.6 Å². The number of rotatable bonds is 4. The van der Waals surface area contributed by atoms with E-state index in [9.17, 15) is 0 Å². The monoisotopic (exact) mass is 409 g/mol. The molecule has 0 aromatic rings. The van der Waals surface area contributed by atoms with E-state index in [1.165, 1.54) is 32.1 Å². The van der Waals surface area contributed by atoms with Crippen molar-refractivity contribution < 1.29 is 4.74 Å². The van der Waals surface area contributed by atoms with E-state index in [1.807, 2.05) is 7.05 Å². The van der Waals surface area contributed by atoms with Gasteiger partial charge in [0.25, 0.3) is 0 Å². The Labute approximate surface area is 146 Å². The molecule has 0 bridgehead atoms. The Hall–Kier alpha value is -0.0400. The van der Waals surface area contributed by atoms with Crippen LogP contribution >= 0.6 is 24.0 Å². The summed E-state index contributed by atoms with van der Waals surface area (Å²) in [5, 5.41) is 6.91.